The maximum absolute atomic E-state index is 14.0. The van der Waals surface area contributed by atoms with Gasteiger partial charge in [0.15, 0.2) is 0 Å². The van der Waals surface area contributed by atoms with Gasteiger partial charge < -0.3 is 10.0 Å². The molecule has 0 aliphatic carbocycles. The van der Waals surface area contributed by atoms with E-state index in [9.17, 15) is 13.5 Å². The summed E-state index contributed by atoms with van der Waals surface area (Å²) in [5, 5.41) is 13.2. The van der Waals surface area contributed by atoms with Gasteiger partial charge in [-0.25, -0.2) is 8.42 Å². The van der Waals surface area contributed by atoms with Crippen molar-refractivity contribution >= 4 is 26.5 Å². The Kier molecular flexibility index (Phi) is 8.37. The summed E-state index contributed by atoms with van der Waals surface area (Å²) in [4.78, 5) is 1.35. The molecule has 0 fully saturated rings. The number of nitrogens with zero attached hydrogens (tertiary/aromatic N) is 1. The van der Waals surface area contributed by atoms with Crippen molar-refractivity contribution in [1.29, 1.82) is 0 Å². The highest BCUT2D eigenvalue weighted by molar-refractivity contribution is 7.92. The molecule has 0 aromatic heterocycles. The fraction of sp³-hybridized carbons (Fsp3) is 0.152. The van der Waals surface area contributed by atoms with Crippen LogP contribution < -0.4 is 9.21 Å². The van der Waals surface area contributed by atoms with Gasteiger partial charge in [-0.15, -0.1) is 0 Å². The maximum Gasteiger partial charge on any atom is 0.264 e. The molecular formula is C33H33N2O3S+. The molecule has 0 saturated carbocycles. The van der Waals surface area contributed by atoms with Crippen molar-refractivity contribution in [2.75, 3.05) is 17.4 Å². The summed E-state index contributed by atoms with van der Waals surface area (Å²) in [5.74, 6) is 0. The molecule has 5 rings (SSSR count). The molecular weight excluding hydrogens is 504 g/mol. The number of hydrogen-bond acceptors (Lipinski definition) is 3. The minimum Gasteiger partial charge on any atom is -0.385 e. The summed E-state index contributed by atoms with van der Waals surface area (Å²) >= 11 is 0. The number of rotatable bonds is 11. The molecule has 198 valence electrons. The zero-order valence-electron chi connectivity index (χ0n) is 21.7. The van der Waals surface area contributed by atoms with Crippen molar-refractivity contribution < 1.29 is 18.4 Å². The van der Waals surface area contributed by atoms with E-state index in [1.165, 1.54) is 15.4 Å². The van der Waals surface area contributed by atoms with E-state index in [0.29, 0.717) is 25.3 Å². The third-order valence-electron chi connectivity index (χ3n) is 6.86. The number of fused-ring (bicyclic) bond motifs is 1. The van der Waals surface area contributed by atoms with Crippen LogP contribution in [0.2, 0.25) is 0 Å². The van der Waals surface area contributed by atoms with Crippen LogP contribution in [0.1, 0.15) is 11.1 Å². The predicted octanol–water partition coefficient (Wildman–Crippen LogP) is 4.68. The summed E-state index contributed by atoms with van der Waals surface area (Å²) in [6.07, 6.45) is -0.898. The van der Waals surface area contributed by atoms with E-state index in [0.717, 1.165) is 15.7 Å². The molecule has 0 heterocycles. The number of aliphatic hydroxyl groups excluding tert-OH is 1. The molecule has 5 aromatic carbocycles. The van der Waals surface area contributed by atoms with Gasteiger partial charge in [0.05, 0.1) is 17.1 Å². The highest BCUT2D eigenvalue weighted by Crippen LogP contribution is 2.31. The third-order valence-corrected chi connectivity index (χ3v) is 8.66. The Hall–Kier alpha value is -3.97. The number of quaternary nitrogens is 1. The van der Waals surface area contributed by atoms with Crippen LogP contribution in [0.5, 0.6) is 0 Å². The van der Waals surface area contributed by atoms with Crippen LogP contribution >= 0.6 is 0 Å². The third kappa shape index (κ3) is 6.55. The second-order valence-electron chi connectivity index (χ2n) is 9.78. The Morgan fingerprint density at radius 1 is 0.641 bits per heavy atom. The first-order valence-electron chi connectivity index (χ1n) is 13.2. The molecule has 2 N–H and O–H groups in total. The van der Waals surface area contributed by atoms with Gasteiger partial charge in [-0.05, 0) is 23.6 Å². The zero-order valence-corrected chi connectivity index (χ0v) is 22.5. The molecule has 0 aliphatic heterocycles. The van der Waals surface area contributed by atoms with Crippen molar-refractivity contribution in [3.8, 4) is 0 Å². The number of nitrogens with one attached hydrogen (secondary N) is 1. The number of hydrogen-bond donors (Lipinski definition) is 2. The lowest BCUT2D eigenvalue weighted by atomic mass is 10.1. The minimum absolute atomic E-state index is 0.0572. The fourth-order valence-electron chi connectivity index (χ4n) is 5.04. The zero-order chi connectivity index (χ0) is 27.1. The molecule has 1 atom stereocenters. The SMILES string of the molecule is O=S(=O)(c1ccccc1)N(C[C@H](O)C[NH+](Cc1ccccc1)Cc1ccccc1)c1cccc2ccccc12. The molecule has 5 nitrogen and oxygen atoms in total. The number of aliphatic hydroxyl groups is 1. The number of benzene rings is 5. The lowest BCUT2D eigenvalue weighted by Crippen LogP contribution is -3.10. The summed E-state index contributed by atoms with van der Waals surface area (Å²) < 4.78 is 29.3. The van der Waals surface area contributed by atoms with Crippen molar-refractivity contribution in [2.45, 2.75) is 24.1 Å². The predicted molar refractivity (Wildman–Crippen MR) is 157 cm³/mol. The summed E-state index contributed by atoms with van der Waals surface area (Å²) in [6.45, 7) is 1.76. The highest BCUT2D eigenvalue weighted by Gasteiger charge is 2.30. The van der Waals surface area contributed by atoms with Gasteiger partial charge in [0, 0.05) is 16.5 Å². The molecule has 0 aliphatic rings. The van der Waals surface area contributed by atoms with Gasteiger partial charge in [-0.3, -0.25) is 4.31 Å². The van der Waals surface area contributed by atoms with E-state index >= 15 is 0 Å². The van der Waals surface area contributed by atoms with E-state index in [1.54, 1.807) is 30.3 Å². The van der Waals surface area contributed by atoms with Crippen LogP contribution in [0.25, 0.3) is 10.8 Å². The molecule has 0 unspecified atom stereocenters. The molecule has 0 amide bonds. The van der Waals surface area contributed by atoms with Crippen LogP contribution in [-0.2, 0) is 23.1 Å². The second kappa shape index (κ2) is 12.3. The van der Waals surface area contributed by atoms with Crippen LogP contribution in [0.15, 0.2) is 138 Å². The topological polar surface area (TPSA) is 62.0 Å². The second-order valence-corrected chi connectivity index (χ2v) is 11.6. The number of anilines is 1. The highest BCUT2D eigenvalue weighted by atomic mass is 32.2. The molecule has 0 spiro atoms. The Bertz CT molecular complexity index is 1550. The lowest BCUT2D eigenvalue weighted by Gasteiger charge is -2.29. The largest absolute Gasteiger partial charge is 0.385 e. The number of sulfonamides is 1. The van der Waals surface area contributed by atoms with Gasteiger partial charge in [-0.1, -0.05) is 115 Å². The Morgan fingerprint density at radius 2 is 1.15 bits per heavy atom. The van der Waals surface area contributed by atoms with Crippen molar-refractivity contribution in [3.05, 3.63) is 145 Å². The van der Waals surface area contributed by atoms with Crippen LogP contribution in [0.3, 0.4) is 0 Å². The van der Waals surface area contributed by atoms with Crippen LogP contribution in [-0.4, -0.2) is 32.7 Å². The van der Waals surface area contributed by atoms with E-state index < -0.39 is 16.1 Å². The quantitative estimate of drug-likeness (QED) is 0.257. The summed E-state index contributed by atoms with van der Waals surface area (Å²) in [5.41, 5.74) is 2.89. The molecule has 6 heteroatoms. The van der Waals surface area contributed by atoms with E-state index in [2.05, 4.69) is 24.3 Å². The average Bonchev–Trinajstić information content (AvgIpc) is 2.97. The van der Waals surface area contributed by atoms with Crippen molar-refractivity contribution in [3.63, 3.8) is 0 Å². The van der Waals surface area contributed by atoms with E-state index in [-0.39, 0.29) is 11.4 Å². The maximum atomic E-state index is 14.0. The lowest BCUT2D eigenvalue weighted by molar-refractivity contribution is -0.930. The van der Waals surface area contributed by atoms with Crippen molar-refractivity contribution in [2.24, 2.45) is 0 Å². The minimum atomic E-state index is -3.93. The van der Waals surface area contributed by atoms with E-state index in [1.807, 2.05) is 78.9 Å². The van der Waals surface area contributed by atoms with Gasteiger partial charge in [0.25, 0.3) is 10.0 Å². The fourth-order valence-corrected chi connectivity index (χ4v) is 6.58. The van der Waals surface area contributed by atoms with Crippen molar-refractivity contribution in [1.82, 2.24) is 0 Å². The van der Waals surface area contributed by atoms with Crippen LogP contribution in [0.4, 0.5) is 5.69 Å². The van der Waals surface area contributed by atoms with Gasteiger partial charge in [0.2, 0.25) is 0 Å². The molecule has 0 saturated heterocycles. The molecule has 0 bridgehead atoms. The standard InChI is InChI=1S/C33H32N2O3S/c36-30(25-34(23-27-13-4-1-5-14-27)24-28-15-6-2-7-16-28)26-35(39(37,38)31-19-8-3-9-20-31)33-22-12-18-29-17-10-11-21-32(29)33/h1-22,30,36H,23-26H2/p+1/t30-/m1/s1. The smallest absolute Gasteiger partial charge is 0.264 e. The van der Waals surface area contributed by atoms with Gasteiger partial charge in [0.1, 0.15) is 25.7 Å². The van der Waals surface area contributed by atoms with Gasteiger partial charge >= 0.3 is 0 Å². The van der Waals surface area contributed by atoms with Crippen LogP contribution in [0, 0.1) is 0 Å². The summed E-state index contributed by atoms with van der Waals surface area (Å²) in [6, 6.07) is 42.2. The Morgan fingerprint density at radius 3 is 1.77 bits per heavy atom. The summed E-state index contributed by atoms with van der Waals surface area (Å²) in [7, 11) is -3.93. The monoisotopic (exact) mass is 537 g/mol. The molecule has 39 heavy (non-hydrogen) atoms. The Labute approximate surface area is 230 Å². The normalized spacial score (nSPS) is 12.5. The first-order chi connectivity index (χ1) is 19.0. The average molecular weight is 538 g/mol. The molecule has 5 aromatic rings. The first kappa shape index (κ1) is 26.6. The molecule has 0 radical (unpaired) electrons. The Balaban J connectivity index is 1.47. The first-order valence-corrected chi connectivity index (χ1v) is 14.6. The van der Waals surface area contributed by atoms with Gasteiger partial charge in [-0.2, -0.15) is 0 Å². The van der Waals surface area contributed by atoms with E-state index in [4.69, 9.17) is 0 Å².